The molecule has 0 radical (unpaired) electrons. The van der Waals surface area contributed by atoms with Gasteiger partial charge in [-0.05, 0) is 30.8 Å². The van der Waals surface area contributed by atoms with Gasteiger partial charge in [-0.15, -0.1) is 0 Å². The molecule has 0 aromatic rings. The van der Waals surface area contributed by atoms with E-state index in [1.165, 1.54) is 0 Å². The summed E-state index contributed by atoms with van der Waals surface area (Å²) >= 11 is 0. The van der Waals surface area contributed by atoms with Gasteiger partial charge in [-0.2, -0.15) is 0 Å². The summed E-state index contributed by atoms with van der Waals surface area (Å²) in [5.74, 6) is 0. The molecule has 0 spiro atoms. The highest BCUT2D eigenvalue weighted by Gasteiger charge is 2.39. The van der Waals surface area contributed by atoms with E-state index in [-0.39, 0.29) is 5.41 Å². The van der Waals surface area contributed by atoms with E-state index in [2.05, 4.69) is 0 Å². The molecular weight excluding hydrogens is 164 g/mol. The van der Waals surface area contributed by atoms with Gasteiger partial charge in [0.15, 0.2) is 0 Å². The van der Waals surface area contributed by atoms with Gasteiger partial charge in [0.05, 0.1) is 18.5 Å². The minimum atomic E-state index is -0.757. The smallest absolute Gasteiger partial charge is 0.0909 e. The van der Waals surface area contributed by atoms with Gasteiger partial charge in [-0.25, -0.2) is 0 Å². The van der Waals surface area contributed by atoms with Gasteiger partial charge in [0, 0.05) is 0 Å². The molecule has 0 aliphatic carbocycles. The normalized spacial score (nSPS) is 23.0. The Hall–Kier alpha value is -0.500. The lowest BCUT2D eigenvalue weighted by atomic mass is 9.72. The highest BCUT2D eigenvalue weighted by molar-refractivity contribution is 5.18. The van der Waals surface area contributed by atoms with E-state index >= 15 is 0 Å². The van der Waals surface area contributed by atoms with Crippen LogP contribution in [-0.2, 0) is 4.74 Å². The minimum Gasteiger partial charge on any atom is -0.501 e. The fourth-order valence-corrected chi connectivity index (χ4v) is 1.40. The zero-order chi connectivity index (χ0) is 10.1. The first-order valence-electron chi connectivity index (χ1n) is 4.89. The molecule has 1 unspecified atom stereocenters. The molecule has 1 atom stereocenters. The zero-order valence-corrected chi connectivity index (χ0v) is 9.05. The average Bonchev–Trinajstić information content (AvgIpc) is 2.04. The van der Waals surface area contributed by atoms with Crippen molar-refractivity contribution in [3.8, 4) is 0 Å². The van der Waals surface area contributed by atoms with Gasteiger partial charge >= 0.3 is 0 Å². The van der Waals surface area contributed by atoms with Crippen molar-refractivity contribution in [1.82, 2.24) is 0 Å². The summed E-state index contributed by atoms with van der Waals surface area (Å²) < 4.78 is 5.24. The Kier molecular flexibility index (Phi) is 2.71. The Morgan fingerprint density at radius 2 is 1.92 bits per heavy atom. The van der Waals surface area contributed by atoms with Crippen molar-refractivity contribution in [2.24, 2.45) is 5.41 Å². The molecule has 1 rings (SSSR count). The Morgan fingerprint density at radius 1 is 1.31 bits per heavy atom. The molecule has 0 aromatic carbocycles. The van der Waals surface area contributed by atoms with Crippen LogP contribution in [0.25, 0.3) is 0 Å². The molecule has 0 bridgehead atoms. The second kappa shape index (κ2) is 3.33. The molecule has 1 aliphatic rings. The third kappa shape index (κ3) is 2.05. The fourth-order valence-electron chi connectivity index (χ4n) is 1.40. The number of aliphatic hydroxyl groups is 1. The topological polar surface area (TPSA) is 29.5 Å². The van der Waals surface area contributed by atoms with Crippen LogP contribution in [-0.4, -0.2) is 17.3 Å². The van der Waals surface area contributed by atoms with Crippen LogP contribution in [0.2, 0.25) is 0 Å². The maximum absolute atomic E-state index is 10.3. The van der Waals surface area contributed by atoms with Crippen LogP contribution in [0.3, 0.4) is 0 Å². The first-order valence-corrected chi connectivity index (χ1v) is 4.89. The number of ether oxygens (including phenoxy) is 1. The van der Waals surface area contributed by atoms with Crippen molar-refractivity contribution in [3.63, 3.8) is 0 Å². The number of rotatable bonds is 1. The Morgan fingerprint density at radius 3 is 2.31 bits per heavy atom. The van der Waals surface area contributed by atoms with Crippen molar-refractivity contribution >= 4 is 0 Å². The molecule has 0 saturated heterocycles. The summed E-state index contributed by atoms with van der Waals surface area (Å²) in [6.07, 6.45) is 3.69. The van der Waals surface area contributed by atoms with Gasteiger partial charge in [0.25, 0.3) is 0 Å². The monoisotopic (exact) mass is 184 g/mol. The van der Waals surface area contributed by atoms with Gasteiger partial charge in [0.2, 0.25) is 0 Å². The highest BCUT2D eigenvalue weighted by Crippen LogP contribution is 2.38. The van der Waals surface area contributed by atoms with E-state index in [1.807, 2.05) is 27.7 Å². The van der Waals surface area contributed by atoms with Gasteiger partial charge in [-0.1, -0.05) is 20.8 Å². The third-order valence-corrected chi connectivity index (χ3v) is 3.02. The van der Waals surface area contributed by atoms with Crippen molar-refractivity contribution in [3.05, 3.63) is 11.8 Å². The Labute approximate surface area is 80.6 Å². The SMILES string of the molecule is CC(C)(C)C(C)(O)C1=COCCC1. The number of hydrogen-bond donors (Lipinski definition) is 1. The largest absolute Gasteiger partial charge is 0.501 e. The van der Waals surface area contributed by atoms with Crippen LogP contribution in [0.15, 0.2) is 11.8 Å². The molecule has 1 N–H and O–H groups in total. The first kappa shape index (κ1) is 10.6. The molecule has 13 heavy (non-hydrogen) atoms. The van der Waals surface area contributed by atoms with E-state index in [4.69, 9.17) is 4.74 Å². The summed E-state index contributed by atoms with van der Waals surface area (Å²) in [7, 11) is 0. The van der Waals surface area contributed by atoms with E-state index < -0.39 is 5.60 Å². The van der Waals surface area contributed by atoms with Crippen LogP contribution in [0.1, 0.15) is 40.5 Å². The molecule has 2 heteroatoms. The lowest BCUT2D eigenvalue weighted by Gasteiger charge is -2.40. The zero-order valence-electron chi connectivity index (χ0n) is 9.05. The first-order chi connectivity index (χ1) is 5.86. The average molecular weight is 184 g/mol. The summed E-state index contributed by atoms with van der Waals surface area (Å²) in [6.45, 7) is 8.78. The molecule has 76 valence electrons. The predicted octanol–water partition coefficient (Wildman–Crippen LogP) is 2.48. The Balaban J connectivity index is 2.85. The molecular formula is C11H20O2. The van der Waals surface area contributed by atoms with Crippen LogP contribution in [0.5, 0.6) is 0 Å². The molecule has 2 nitrogen and oxygen atoms in total. The van der Waals surface area contributed by atoms with Crippen molar-refractivity contribution < 1.29 is 9.84 Å². The van der Waals surface area contributed by atoms with Crippen molar-refractivity contribution in [2.75, 3.05) is 6.61 Å². The fraction of sp³-hybridized carbons (Fsp3) is 0.818. The molecule has 0 aromatic heterocycles. The maximum atomic E-state index is 10.3. The molecule has 1 aliphatic heterocycles. The van der Waals surface area contributed by atoms with Crippen molar-refractivity contribution in [1.29, 1.82) is 0 Å². The molecule has 1 heterocycles. The van der Waals surface area contributed by atoms with E-state index in [1.54, 1.807) is 6.26 Å². The van der Waals surface area contributed by atoms with Crippen LogP contribution < -0.4 is 0 Å². The van der Waals surface area contributed by atoms with Gasteiger partial charge in [0.1, 0.15) is 0 Å². The van der Waals surface area contributed by atoms with Gasteiger partial charge in [-0.3, -0.25) is 0 Å². The second-order valence-electron chi connectivity index (χ2n) is 4.94. The summed E-state index contributed by atoms with van der Waals surface area (Å²) in [5, 5.41) is 10.3. The molecule has 0 fully saturated rings. The number of hydrogen-bond acceptors (Lipinski definition) is 2. The Bertz CT molecular complexity index is 209. The lowest BCUT2D eigenvalue weighted by molar-refractivity contribution is -0.0167. The maximum Gasteiger partial charge on any atom is 0.0909 e. The summed E-state index contributed by atoms with van der Waals surface area (Å²) in [5.41, 5.74) is 0.124. The van der Waals surface area contributed by atoms with Crippen LogP contribution in [0, 0.1) is 5.41 Å². The lowest BCUT2D eigenvalue weighted by Crippen LogP contribution is -2.42. The standard InChI is InChI=1S/C11H20O2/c1-10(2,3)11(4,12)9-6-5-7-13-8-9/h8,12H,5-7H2,1-4H3. The van der Waals surface area contributed by atoms with E-state index in [0.29, 0.717) is 0 Å². The highest BCUT2D eigenvalue weighted by atomic mass is 16.5. The quantitative estimate of drug-likeness (QED) is 0.678. The van der Waals surface area contributed by atoms with E-state index in [9.17, 15) is 5.11 Å². The predicted molar refractivity (Wildman–Crippen MR) is 53.3 cm³/mol. The minimum absolute atomic E-state index is 0.139. The van der Waals surface area contributed by atoms with E-state index in [0.717, 1.165) is 25.0 Å². The van der Waals surface area contributed by atoms with Crippen LogP contribution in [0.4, 0.5) is 0 Å². The van der Waals surface area contributed by atoms with Gasteiger partial charge < -0.3 is 9.84 Å². The second-order valence-corrected chi connectivity index (χ2v) is 4.94. The summed E-state index contributed by atoms with van der Waals surface area (Å²) in [6, 6.07) is 0. The third-order valence-electron chi connectivity index (χ3n) is 3.02. The molecule has 0 saturated carbocycles. The molecule has 0 amide bonds. The van der Waals surface area contributed by atoms with Crippen LogP contribution >= 0.6 is 0 Å². The van der Waals surface area contributed by atoms with Crippen molar-refractivity contribution in [2.45, 2.75) is 46.1 Å². The summed E-state index contributed by atoms with van der Waals surface area (Å²) in [4.78, 5) is 0.